The fourth-order valence-corrected chi connectivity index (χ4v) is 2.34. The molecule has 0 saturated carbocycles. The van der Waals surface area contributed by atoms with Gasteiger partial charge in [0.2, 0.25) is 5.91 Å². The lowest BCUT2D eigenvalue weighted by Crippen LogP contribution is -2.33. The van der Waals surface area contributed by atoms with E-state index in [0.29, 0.717) is 11.4 Å². The maximum absolute atomic E-state index is 11.8. The number of anilines is 1. The number of hydrogen-bond acceptors (Lipinski definition) is 2. The molecule has 0 spiro atoms. The number of aliphatic hydroxyl groups excluding tert-OH is 1. The first-order valence-corrected chi connectivity index (χ1v) is 5.69. The van der Waals surface area contributed by atoms with E-state index < -0.39 is 0 Å². The molecule has 2 rings (SSSR count). The molecule has 86 valence electrons. The van der Waals surface area contributed by atoms with E-state index >= 15 is 0 Å². The van der Waals surface area contributed by atoms with Crippen molar-refractivity contribution in [2.75, 3.05) is 11.5 Å². The predicted molar refractivity (Wildman–Crippen MR) is 63.6 cm³/mol. The minimum absolute atomic E-state index is 0.0199. The van der Waals surface area contributed by atoms with Gasteiger partial charge in [-0.05, 0) is 25.1 Å². The largest absolute Gasteiger partial charge is 0.396 e. The number of rotatable bonds is 2. The molecule has 2 atom stereocenters. The van der Waals surface area contributed by atoms with Gasteiger partial charge in [0.1, 0.15) is 0 Å². The lowest BCUT2D eigenvalue weighted by Gasteiger charge is -2.24. The molecule has 16 heavy (non-hydrogen) atoms. The number of halogens is 1. The van der Waals surface area contributed by atoms with Gasteiger partial charge >= 0.3 is 0 Å². The lowest BCUT2D eigenvalue weighted by molar-refractivity contribution is -0.117. The van der Waals surface area contributed by atoms with E-state index in [2.05, 4.69) is 0 Å². The monoisotopic (exact) mass is 239 g/mol. The molecule has 0 aliphatic carbocycles. The molecule has 1 saturated heterocycles. The molecule has 2 unspecified atom stereocenters. The zero-order valence-electron chi connectivity index (χ0n) is 9.06. The van der Waals surface area contributed by atoms with Gasteiger partial charge in [0.05, 0.1) is 0 Å². The van der Waals surface area contributed by atoms with E-state index in [1.807, 2.05) is 19.1 Å². The summed E-state index contributed by atoms with van der Waals surface area (Å²) in [5, 5.41) is 9.78. The number of amides is 1. The molecular weight excluding hydrogens is 226 g/mol. The quantitative estimate of drug-likeness (QED) is 0.859. The topological polar surface area (TPSA) is 40.5 Å². The van der Waals surface area contributed by atoms with Crippen LogP contribution in [0.15, 0.2) is 24.3 Å². The Morgan fingerprint density at radius 2 is 2.31 bits per heavy atom. The molecular formula is C12H14ClNO2. The SMILES string of the molecule is CC1C(CO)CC(=O)N1c1cccc(Cl)c1. The third kappa shape index (κ3) is 1.93. The molecule has 1 N–H and O–H groups in total. The van der Waals surface area contributed by atoms with Crippen molar-refractivity contribution in [3.63, 3.8) is 0 Å². The lowest BCUT2D eigenvalue weighted by atomic mass is 10.0. The van der Waals surface area contributed by atoms with Gasteiger partial charge in [0.15, 0.2) is 0 Å². The van der Waals surface area contributed by atoms with Crippen molar-refractivity contribution in [3.05, 3.63) is 29.3 Å². The maximum atomic E-state index is 11.8. The van der Waals surface area contributed by atoms with Crippen LogP contribution in [0.5, 0.6) is 0 Å². The molecule has 0 radical (unpaired) electrons. The summed E-state index contributed by atoms with van der Waals surface area (Å²) in [7, 11) is 0. The van der Waals surface area contributed by atoms with E-state index in [1.165, 1.54) is 0 Å². The Morgan fingerprint density at radius 1 is 1.56 bits per heavy atom. The van der Waals surface area contributed by atoms with Gasteiger partial charge in [-0.15, -0.1) is 0 Å². The van der Waals surface area contributed by atoms with Crippen LogP contribution in [0.25, 0.3) is 0 Å². The average Bonchev–Trinajstić information content (AvgIpc) is 2.53. The third-order valence-corrected chi connectivity index (χ3v) is 3.35. The highest BCUT2D eigenvalue weighted by Crippen LogP contribution is 2.31. The fourth-order valence-electron chi connectivity index (χ4n) is 2.15. The Bertz CT molecular complexity index is 408. The van der Waals surface area contributed by atoms with E-state index in [4.69, 9.17) is 16.7 Å². The number of nitrogens with zero attached hydrogens (tertiary/aromatic N) is 1. The van der Waals surface area contributed by atoms with Gasteiger partial charge in [-0.3, -0.25) is 4.79 Å². The van der Waals surface area contributed by atoms with Gasteiger partial charge in [0.25, 0.3) is 0 Å². The zero-order chi connectivity index (χ0) is 11.7. The van der Waals surface area contributed by atoms with Crippen LogP contribution in [0.1, 0.15) is 13.3 Å². The molecule has 1 amide bonds. The Labute approximate surface area is 99.6 Å². The van der Waals surface area contributed by atoms with Gasteiger partial charge in [-0.25, -0.2) is 0 Å². The standard InChI is InChI=1S/C12H14ClNO2/c1-8-9(7-15)5-12(16)14(8)11-4-2-3-10(13)6-11/h2-4,6,8-9,15H,5,7H2,1H3. The second-order valence-electron chi connectivity index (χ2n) is 4.13. The summed E-state index contributed by atoms with van der Waals surface area (Å²) in [6.07, 6.45) is 0.407. The van der Waals surface area contributed by atoms with Crippen molar-refractivity contribution < 1.29 is 9.90 Å². The number of carbonyl (C=O) groups is 1. The Kier molecular flexibility index (Phi) is 3.17. The number of carbonyl (C=O) groups excluding carboxylic acids is 1. The van der Waals surface area contributed by atoms with Crippen LogP contribution >= 0.6 is 11.6 Å². The fraction of sp³-hybridized carbons (Fsp3) is 0.417. The normalized spacial score (nSPS) is 25.2. The van der Waals surface area contributed by atoms with Gasteiger partial charge in [-0.2, -0.15) is 0 Å². The second kappa shape index (κ2) is 4.44. The van der Waals surface area contributed by atoms with Crippen LogP contribution in [0, 0.1) is 5.92 Å². The first-order chi connectivity index (χ1) is 7.63. The van der Waals surface area contributed by atoms with Crippen molar-refractivity contribution in [1.29, 1.82) is 0 Å². The summed E-state index contributed by atoms with van der Waals surface area (Å²) in [5.74, 6) is 0.0697. The van der Waals surface area contributed by atoms with Gasteiger partial charge in [-0.1, -0.05) is 17.7 Å². The molecule has 1 aliphatic rings. The van der Waals surface area contributed by atoms with Gasteiger partial charge in [0, 0.05) is 35.7 Å². The summed E-state index contributed by atoms with van der Waals surface area (Å²) in [6, 6.07) is 7.26. The summed E-state index contributed by atoms with van der Waals surface area (Å²) in [5.41, 5.74) is 0.806. The molecule has 1 aromatic carbocycles. The first kappa shape index (κ1) is 11.4. The van der Waals surface area contributed by atoms with E-state index in [-0.39, 0.29) is 24.5 Å². The second-order valence-corrected chi connectivity index (χ2v) is 4.57. The zero-order valence-corrected chi connectivity index (χ0v) is 9.81. The molecule has 1 heterocycles. The number of hydrogen-bond donors (Lipinski definition) is 1. The van der Waals surface area contributed by atoms with Crippen LogP contribution in [0.4, 0.5) is 5.69 Å². The maximum Gasteiger partial charge on any atom is 0.227 e. The van der Waals surface area contributed by atoms with Crippen LogP contribution in [0.2, 0.25) is 5.02 Å². The molecule has 0 aromatic heterocycles. The minimum atomic E-state index is 0.0199. The average molecular weight is 240 g/mol. The molecule has 1 aromatic rings. The Balaban J connectivity index is 2.30. The predicted octanol–water partition coefficient (Wildman–Crippen LogP) is 2.07. The van der Waals surface area contributed by atoms with Crippen LogP contribution in [0.3, 0.4) is 0 Å². The highest BCUT2D eigenvalue weighted by Gasteiger charge is 2.37. The Hall–Kier alpha value is -1.06. The van der Waals surface area contributed by atoms with Gasteiger partial charge < -0.3 is 10.0 Å². The van der Waals surface area contributed by atoms with E-state index in [0.717, 1.165) is 5.69 Å². The molecule has 1 aliphatic heterocycles. The highest BCUT2D eigenvalue weighted by molar-refractivity contribution is 6.30. The van der Waals surface area contributed by atoms with E-state index in [9.17, 15) is 4.79 Å². The summed E-state index contributed by atoms with van der Waals surface area (Å²) >= 11 is 5.90. The van der Waals surface area contributed by atoms with E-state index in [1.54, 1.807) is 17.0 Å². The number of benzene rings is 1. The Morgan fingerprint density at radius 3 is 2.88 bits per heavy atom. The van der Waals surface area contributed by atoms with Crippen molar-refractivity contribution in [2.45, 2.75) is 19.4 Å². The third-order valence-electron chi connectivity index (χ3n) is 3.12. The summed E-state index contributed by atoms with van der Waals surface area (Å²) < 4.78 is 0. The first-order valence-electron chi connectivity index (χ1n) is 5.32. The van der Waals surface area contributed by atoms with Crippen molar-refractivity contribution in [3.8, 4) is 0 Å². The van der Waals surface area contributed by atoms with Crippen molar-refractivity contribution in [2.24, 2.45) is 5.92 Å². The van der Waals surface area contributed by atoms with Crippen molar-refractivity contribution >= 4 is 23.2 Å². The van der Waals surface area contributed by atoms with Crippen molar-refractivity contribution in [1.82, 2.24) is 0 Å². The molecule has 3 nitrogen and oxygen atoms in total. The smallest absolute Gasteiger partial charge is 0.227 e. The minimum Gasteiger partial charge on any atom is -0.396 e. The highest BCUT2D eigenvalue weighted by atomic mass is 35.5. The molecule has 4 heteroatoms. The summed E-state index contributed by atoms with van der Waals surface area (Å²) in [6.45, 7) is 2.00. The van der Waals surface area contributed by atoms with Crippen LogP contribution in [-0.4, -0.2) is 23.7 Å². The van der Waals surface area contributed by atoms with Crippen LogP contribution in [-0.2, 0) is 4.79 Å². The molecule has 1 fully saturated rings. The molecule has 0 bridgehead atoms. The summed E-state index contributed by atoms with van der Waals surface area (Å²) in [4.78, 5) is 13.6. The number of aliphatic hydroxyl groups is 1. The van der Waals surface area contributed by atoms with Crippen LogP contribution < -0.4 is 4.90 Å².